The van der Waals surface area contributed by atoms with E-state index in [2.05, 4.69) is 4.98 Å². The highest BCUT2D eigenvalue weighted by Gasteiger charge is 2.33. The molecule has 1 aliphatic rings. The number of hydrogen-bond donors (Lipinski definition) is 0. The monoisotopic (exact) mass is 380 g/mol. The van der Waals surface area contributed by atoms with Crippen LogP contribution in [0.25, 0.3) is 0 Å². The maximum Gasteiger partial charge on any atom is 0.416 e. The van der Waals surface area contributed by atoms with Gasteiger partial charge in [-0.1, -0.05) is 18.2 Å². The van der Waals surface area contributed by atoms with Crippen molar-refractivity contribution < 1.29 is 22.4 Å². The number of likely N-dealkylation sites (tertiary alicyclic amines) is 1. The van der Waals surface area contributed by atoms with Gasteiger partial charge in [0.15, 0.2) is 11.6 Å². The molecule has 4 nitrogen and oxygen atoms in total. The van der Waals surface area contributed by atoms with E-state index in [0.29, 0.717) is 48.8 Å². The maximum atomic E-state index is 13.1. The van der Waals surface area contributed by atoms with Crippen LogP contribution >= 0.6 is 0 Å². The lowest BCUT2D eigenvalue weighted by molar-refractivity contribution is -0.138. The van der Waals surface area contributed by atoms with E-state index in [9.17, 15) is 18.0 Å². The number of hydrogen-bond acceptors (Lipinski definition) is 3. The van der Waals surface area contributed by atoms with Crippen LogP contribution < -0.4 is 0 Å². The first-order chi connectivity index (χ1) is 12.8. The number of rotatable bonds is 4. The second-order valence-corrected chi connectivity index (χ2v) is 7.09. The number of halogens is 3. The average molecular weight is 380 g/mol. The zero-order chi connectivity index (χ0) is 19.6. The van der Waals surface area contributed by atoms with Crippen molar-refractivity contribution in [3.63, 3.8) is 0 Å². The van der Waals surface area contributed by atoms with Crippen LogP contribution in [0.3, 0.4) is 0 Å². The third-order valence-electron chi connectivity index (χ3n) is 5.06. The summed E-state index contributed by atoms with van der Waals surface area (Å²) in [4.78, 5) is 18.6. The van der Waals surface area contributed by atoms with Crippen molar-refractivity contribution in [2.75, 3.05) is 13.1 Å². The van der Waals surface area contributed by atoms with Gasteiger partial charge < -0.3 is 9.32 Å². The lowest BCUT2D eigenvalue weighted by Gasteiger charge is -2.32. The van der Waals surface area contributed by atoms with Gasteiger partial charge in [0.05, 0.1) is 5.56 Å². The molecule has 0 bridgehead atoms. The Bertz CT molecular complexity index is 814. The quantitative estimate of drug-likeness (QED) is 0.766. The number of oxazole rings is 1. The topological polar surface area (TPSA) is 46.3 Å². The third-order valence-corrected chi connectivity index (χ3v) is 5.06. The Hall–Kier alpha value is -2.31. The predicted molar refractivity (Wildman–Crippen MR) is 94.4 cm³/mol. The van der Waals surface area contributed by atoms with Crippen molar-refractivity contribution in [3.8, 4) is 0 Å². The molecule has 1 aromatic heterocycles. The van der Waals surface area contributed by atoms with E-state index in [1.54, 1.807) is 24.8 Å². The Morgan fingerprint density at radius 1 is 1.30 bits per heavy atom. The summed E-state index contributed by atoms with van der Waals surface area (Å²) >= 11 is 0. The minimum Gasteiger partial charge on any atom is -0.445 e. The normalized spacial score (nSPS) is 18.0. The molecule has 2 aromatic rings. The van der Waals surface area contributed by atoms with E-state index in [-0.39, 0.29) is 11.8 Å². The zero-order valence-electron chi connectivity index (χ0n) is 15.5. The second kappa shape index (κ2) is 7.74. The van der Waals surface area contributed by atoms with E-state index in [1.165, 1.54) is 12.1 Å². The molecule has 0 aliphatic carbocycles. The van der Waals surface area contributed by atoms with Gasteiger partial charge >= 0.3 is 6.18 Å². The Morgan fingerprint density at radius 2 is 2.04 bits per heavy atom. The van der Waals surface area contributed by atoms with Crippen molar-refractivity contribution in [2.45, 2.75) is 45.7 Å². The average Bonchev–Trinajstić information content (AvgIpc) is 2.97. The molecule has 7 heteroatoms. The summed E-state index contributed by atoms with van der Waals surface area (Å²) in [6.45, 7) is 4.59. The first-order valence-electron chi connectivity index (χ1n) is 9.14. The second-order valence-electron chi connectivity index (χ2n) is 7.09. The fraction of sp³-hybridized carbons (Fsp3) is 0.500. The summed E-state index contributed by atoms with van der Waals surface area (Å²) in [5.74, 6) is 0.967. The maximum absolute atomic E-state index is 13.1. The summed E-state index contributed by atoms with van der Waals surface area (Å²) in [6.07, 6.45) is -1.62. The first kappa shape index (κ1) is 19.5. The number of benzene rings is 1. The summed E-state index contributed by atoms with van der Waals surface area (Å²) in [6, 6.07) is 5.71. The first-order valence-corrected chi connectivity index (χ1v) is 9.14. The van der Waals surface area contributed by atoms with Gasteiger partial charge in [-0.15, -0.1) is 0 Å². The van der Waals surface area contributed by atoms with Gasteiger partial charge in [-0.25, -0.2) is 4.98 Å². The summed E-state index contributed by atoms with van der Waals surface area (Å²) in [5.41, 5.74) is 0.0782. The molecule has 1 fully saturated rings. The molecule has 27 heavy (non-hydrogen) atoms. The molecular formula is C20H23F3N2O2. The number of aryl methyl sites for hydroxylation is 3. The van der Waals surface area contributed by atoms with Gasteiger partial charge in [0, 0.05) is 20.0 Å². The van der Waals surface area contributed by atoms with E-state index in [4.69, 9.17) is 4.42 Å². The van der Waals surface area contributed by atoms with Crippen molar-refractivity contribution in [2.24, 2.45) is 5.92 Å². The number of piperidine rings is 1. The van der Waals surface area contributed by atoms with Crippen molar-refractivity contribution in [3.05, 3.63) is 52.7 Å². The minimum absolute atomic E-state index is 0.162. The Labute approximate surface area is 156 Å². The van der Waals surface area contributed by atoms with Gasteiger partial charge in [-0.05, 0) is 50.2 Å². The highest BCUT2D eigenvalue weighted by molar-refractivity contribution is 5.93. The van der Waals surface area contributed by atoms with Crippen LogP contribution in [0.1, 0.15) is 52.5 Å². The van der Waals surface area contributed by atoms with Gasteiger partial charge in [-0.2, -0.15) is 13.2 Å². The van der Waals surface area contributed by atoms with E-state index < -0.39 is 11.7 Å². The van der Waals surface area contributed by atoms with Crippen LogP contribution in [0.4, 0.5) is 13.2 Å². The Kier molecular flexibility index (Phi) is 5.58. The van der Waals surface area contributed by atoms with Crippen molar-refractivity contribution in [1.82, 2.24) is 9.88 Å². The number of aromatic nitrogens is 1. The smallest absolute Gasteiger partial charge is 0.416 e. The molecule has 1 aliphatic heterocycles. The van der Waals surface area contributed by atoms with Crippen molar-refractivity contribution in [1.29, 1.82) is 0 Å². The third kappa shape index (κ3) is 4.51. The van der Waals surface area contributed by atoms with Crippen LogP contribution in [-0.2, 0) is 12.6 Å². The molecule has 0 unspecified atom stereocenters. The van der Waals surface area contributed by atoms with Gasteiger partial charge in [0.2, 0.25) is 0 Å². The number of amides is 1. The van der Waals surface area contributed by atoms with Crippen LogP contribution in [0, 0.1) is 19.8 Å². The SMILES string of the molecule is Cc1nc(C(=O)N2CCC[C@H](CCc3ccccc3C(F)(F)F)C2)c(C)o1. The number of alkyl halides is 3. The summed E-state index contributed by atoms with van der Waals surface area (Å²) in [7, 11) is 0. The van der Waals surface area contributed by atoms with Gasteiger partial charge in [-0.3, -0.25) is 4.79 Å². The zero-order valence-corrected chi connectivity index (χ0v) is 15.5. The van der Waals surface area contributed by atoms with Gasteiger partial charge in [0.25, 0.3) is 5.91 Å². The molecule has 1 aromatic carbocycles. The van der Waals surface area contributed by atoms with Crippen LogP contribution in [0.2, 0.25) is 0 Å². The molecule has 1 saturated heterocycles. The summed E-state index contributed by atoms with van der Waals surface area (Å²) in [5, 5.41) is 0. The molecule has 3 rings (SSSR count). The fourth-order valence-electron chi connectivity index (χ4n) is 3.74. The minimum atomic E-state index is -4.34. The van der Waals surface area contributed by atoms with Crippen molar-refractivity contribution >= 4 is 5.91 Å². The highest BCUT2D eigenvalue weighted by atomic mass is 19.4. The van der Waals surface area contributed by atoms with E-state index >= 15 is 0 Å². The fourth-order valence-corrected chi connectivity index (χ4v) is 3.74. The number of carbonyl (C=O) groups excluding carboxylic acids is 1. The molecule has 0 spiro atoms. The molecule has 1 atom stereocenters. The van der Waals surface area contributed by atoms with Crippen LogP contribution in [0.15, 0.2) is 28.7 Å². The lowest BCUT2D eigenvalue weighted by atomic mass is 9.90. The lowest BCUT2D eigenvalue weighted by Crippen LogP contribution is -2.40. The molecule has 0 N–H and O–H groups in total. The molecule has 146 valence electrons. The molecular weight excluding hydrogens is 357 g/mol. The largest absolute Gasteiger partial charge is 0.445 e. The van der Waals surface area contributed by atoms with Gasteiger partial charge in [0.1, 0.15) is 5.76 Å². The molecule has 2 heterocycles. The Morgan fingerprint density at radius 3 is 2.70 bits per heavy atom. The van der Waals surface area contributed by atoms with Crippen LogP contribution in [-0.4, -0.2) is 28.9 Å². The molecule has 0 saturated carbocycles. The van der Waals surface area contributed by atoms with E-state index in [1.807, 2.05) is 0 Å². The highest BCUT2D eigenvalue weighted by Crippen LogP contribution is 2.33. The standard InChI is InChI=1S/C20H23F3N2O2/c1-13-18(24-14(2)27-13)19(26)25-11-5-6-15(12-25)9-10-16-7-3-4-8-17(16)20(21,22)23/h3-4,7-8,15H,5-6,9-12H2,1-2H3/t15-/m1/s1. The number of nitrogens with zero attached hydrogens (tertiary/aromatic N) is 2. The number of carbonyl (C=O) groups is 1. The van der Waals surface area contributed by atoms with Crippen LogP contribution in [0.5, 0.6) is 0 Å². The molecule has 0 radical (unpaired) electrons. The predicted octanol–water partition coefficient (Wildman–Crippen LogP) is 4.80. The summed E-state index contributed by atoms with van der Waals surface area (Å²) < 4.78 is 44.8. The molecule has 1 amide bonds. The van der Waals surface area contributed by atoms with E-state index in [0.717, 1.165) is 18.9 Å². The Balaban J connectivity index is 1.64.